The van der Waals surface area contributed by atoms with Crippen molar-refractivity contribution in [2.45, 2.75) is 18.6 Å². The number of aliphatic carboxylic acids is 2. The van der Waals surface area contributed by atoms with Gasteiger partial charge in [-0.2, -0.15) is 0 Å². The van der Waals surface area contributed by atoms with Crippen LogP contribution < -0.4 is 0 Å². The summed E-state index contributed by atoms with van der Waals surface area (Å²) in [5, 5.41) is 35.6. The van der Waals surface area contributed by atoms with Gasteiger partial charge < -0.3 is 20.4 Å². The van der Waals surface area contributed by atoms with Gasteiger partial charge in [0.2, 0.25) is 0 Å². The van der Waals surface area contributed by atoms with Gasteiger partial charge in [-0.25, -0.2) is 9.59 Å². The van der Waals surface area contributed by atoms with Crippen LogP contribution in [0.2, 0.25) is 0 Å². The highest BCUT2D eigenvalue weighted by Gasteiger charge is 2.46. The summed E-state index contributed by atoms with van der Waals surface area (Å²) in [5.74, 6) is -4.39. The van der Waals surface area contributed by atoms with Crippen LogP contribution in [0.25, 0.3) is 0 Å². The van der Waals surface area contributed by atoms with Crippen LogP contribution in [0.5, 0.6) is 0 Å². The van der Waals surface area contributed by atoms with Crippen molar-refractivity contribution in [3.8, 4) is 0 Å². The first-order valence-electron chi connectivity index (χ1n) is 4.47. The first-order chi connectivity index (χ1) is 7.34. The van der Waals surface area contributed by atoms with Crippen LogP contribution in [0.3, 0.4) is 0 Å². The van der Waals surface area contributed by atoms with Gasteiger partial charge in [0.15, 0.2) is 0 Å². The molecule has 0 aromatic rings. The lowest BCUT2D eigenvalue weighted by Crippen LogP contribution is -2.58. The Balaban J connectivity index is 3.03. The van der Waals surface area contributed by atoms with Gasteiger partial charge in [0, 0.05) is 0 Å². The normalized spacial score (nSPS) is 29.8. The summed E-state index contributed by atoms with van der Waals surface area (Å²) in [5.41, 5.74) is 0. The lowest BCUT2D eigenvalue weighted by atomic mass is 9.88. The van der Waals surface area contributed by atoms with E-state index in [0.29, 0.717) is 4.90 Å². The lowest BCUT2D eigenvalue weighted by molar-refractivity contribution is -0.159. The van der Waals surface area contributed by atoms with Crippen LogP contribution in [0, 0.1) is 5.92 Å². The van der Waals surface area contributed by atoms with Crippen molar-refractivity contribution in [2.75, 3.05) is 6.54 Å². The van der Waals surface area contributed by atoms with Crippen LogP contribution in [-0.2, 0) is 9.59 Å². The molecule has 0 aromatic heterocycles. The molecule has 0 aromatic carbocycles. The van der Waals surface area contributed by atoms with E-state index in [1.807, 2.05) is 0 Å². The van der Waals surface area contributed by atoms with E-state index in [2.05, 4.69) is 0 Å². The third-order valence-corrected chi connectivity index (χ3v) is 2.47. The number of nitrogens with zero attached hydrogens (tertiary/aromatic N) is 1. The minimum atomic E-state index is -1.65. The molecule has 0 bridgehead atoms. The van der Waals surface area contributed by atoms with Crippen LogP contribution >= 0.6 is 0 Å². The highest BCUT2D eigenvalue weighted by Crippen LogP contribution is 2.24. The summed E-state index contributed by atoms with van der Waals surface area (Å²) < 4.78 is 0. The van der Waals surface area contributed by atoms with Crippen molar-refractivity contribution >= 4 is 18.0 Å². The number of hydrogen-bond acceptors (Lipinski definition) is 4. The topological polar surface area (TPSA) is 135 Å². The number of aliphatic hydroxyl groups is 1. The molecule has 90 valence electrons. The Labute approximate surface area is 89.7 Å². The molecule has 0 aliphatic carbocycles. The SMILES string of the molecule is O=C(O)[C@H]1CC(O)CN(C(=O)O)[C@@H]1C(=O)O. The van der Waals surface area contributed by atoms with Crippen molar-refractivity contribution in [1.29, 1.82) is 0 Å². The molecule has 16 heavy (non-hydrogen) atoms. The van der Waals surface area contributed by atoms with Gasteiger partial charge in [-0.3, -0.25) is 9.69 Å². The number of piperidine rings is 1. The number of carbonyl (C=O) groups is 3. The van der Waals surface area contributed by atoms with E-state index in [9.17, 15) is 19.5 Å². The Kier molecular flexibility index (Phi) is 3.33. The van der Waals surface area contributed by atoms with Crippen LogP contribution in [0.1, 0.15) is 6.42 Å². The molecule has 8 heteroatoms. The largest absolute Gasteiger partial charge is 0.481 e. The number of rotatable bonds is 2. The Bertz CT molecular complexity index is 304. The van der Waals surface area contributed by atoms with Gasteiger partial charge in [-0.15, -0.1) is 0 Å². The Morgan fingerprint density at radius 1 is 1.06 bits per heavy atom. The van der Waals surface area contributed by atoms with Crippen molar-refractivity contribution in [2.24, 2.45) is 5.92 Å². The summed E-state index contributed by atoms with van der Waals surface area (Å²) in [6, 6.07) is -1.65. The third kappa shape index (κ3) is 2.22. The zero-order chi connectivity index (χ0) is 12.5. The fraction of sp³-hybridized carbons (Fsp3) is 0.625. The number of hydrogen-bond donors (Lipinski definition) is 4. The van der Waals surface area contributed by atoms with Crippen molar-refractivity contribution in [3.05, 3.63) is 0 Å². The van der Waals surface area contributed by atoms with E-state index in [1.54, 1.807) is 0 Å². The molecule has 1 rings (SSSR count). The minimum absolute atomic E-state index is 0.268. The predicted molar refractivity (Wildman–Crippen MR) is 47.9 cm³/mol. The molecule has 0 radical (unpaired) electrons. The fourth-order valence-corrected chi connectivity index (χ4v) is 1.79. The summed E-state index contributed by atoms with van der Waals surface area (Å²) in [7, 11) is 0. The zero-order valence-corrected chi connectivity index (χ0v) is 8.11. The van der Waals surface area contributed by atoms with Crippen LogP contribution in [-0.4, -0.2) is 62.0 Å². The standard InChI is InChI=1S/C8H11NO7/c10-3-1-4(6(11)12)5(7(13)14)9(2-3)8(15)16/h3-5,10H,1-2H2,(H,11,12)(H,13,14)(H,15,16)/t3?,4-,5-/m0/s1. The van der Waals surface area contributed by atoms with E-state index < -0.39 is 42.6 Å². The van der Waals surface area contributed by atoms with E-state index >= 15 is 0 Å². The van der Waals surface area contributed by atoms with Gasteiger partial charge in [-0.1, -0.05) is 0 Å². The maximum atomic E-state index is 10.8. The monoisotopic (exact) mass is 233 g/mol. The van der Waals surface area contributed by atoms with Gasteiger partial charge in [-0.05, 0) is 6.42 Å². The molecule has 8 nitrogen and oxygen atoms in total. The second kappa shape index (κ2) is 4.35. The number of aliphatic hydroxyl groups excluding tert-OH is 1. The third-order valence-electron chi connectivity index (χ3n) is 2.47. The Hall–Kier alpha value is -1.83. The molecule has 1 amide bonds. The zero-order valence-electron chi connectivity index (χ0n) is 8.11. The molecular weight excluding hydrogens is 222 g/mol. The molecular formula is C8H11NO7. The first-order valence-corrected chi connectivity index (χ1v) is 4.47. The second-order valence-corrected chi connectivity index (χ2v) is 3.55. The summed E-state index contributed by atoms with van der Waals surface area (Å²) >= 11 is 0. The van der Waals surface area contributed by atoms with E-state index in [4.69, 9.17) is 15.3 Å². The first kappa shape index (κ1) is 12.2. The lowest BCUT2D eigenvalue weighted by Gasteiger charge is -2.37. The maximum absolute atomic E-state index is 10.8. The minimum Gasteiger partial charge on any atom is -0.481 e. The molecule has 1 fully saturated rings. The molecule has 0 spiro atoms. The molecule has 1 aliphatic heterocycles. The average molecular weight is 233 g/mol. The maximum Gasteiger partial charge on any atom is 0.408 e. The van der Waals surface area contributed by atoms with Gasteiger partial charge in [0.05, 0.1) is 18.6 Å². The molecule has 4 N–H and O–H groups in total. The van der Waals surface area contributed by atoms with Crippen molar-refractivity contribution < 1.29 is 34.8 Å². The van der Waals surface area contributed by atoms with Gasteiger partial charge >= 0.3 is 18.0 Å². The molecule has 1 heterocycles. The highest BCUT2D eigenvalue weighted by molar-refractivity contribution is 5.86. The predicted octanol–water partition coefficient (Wildman–Crippen LogP) is -1.11. The van der Waals surface area contributed by atoms with Crippen molar-refractivity contribution in [3.63, 3.8) is 0 Å². The van der Waals surface area contributed by atoms with Crippen molar-refractivity contribution in [1.82, 2.24) is 4.90 Å². The number of carboxylic acids is 2. The second-order valence-electron chi connectivity index (χ2n) is 3.55. The average Bonchev–Trinajstić information content (AvgIpc) is 2.15. The van der Waals surface area contributed by atoms with Crippen LogP contribution in [0.4, 0.5) is 4.79 Å². The number of amides is 1. The van der Waals surface area contributed by atoms with E-state index in [1.165, 1.54) is 0 Å². The summed E-state index contributed by atoms with van der Waals surface area (Å²) in [6.07, 6.45) is -2.99. The summed E-state index contributed by atoms with van der Waals surface area (Å²) in [4.78, 5) is 32.8. The van der Waals surface area contributed by atoms with Crippen LogP contribution in [0.15, 0.2) is 0 Å². The number of β-amino-alcohol motifs (C(OH)–C–C–N with tert-alkyl or cyclic N) is 1. The number of likely N-dealkylation sites (tertiary alicyclic amines) is 1. The molecule has 1 aliphatic rings. The number of carboxylic acid groups (broad SMARTS) is 3. The Morgan fingerprint density at radius 2 is 1.62 bits per heavy atom. The molecule has 0 saturated carbocycles. The quantitative estimate of drug-likeness (QED) is 0.474. The Morgan fingerprint density at radius 3 is 2.00 bits per heavy atom. The smallest absolute Gasteiger partial charge is 0.408 e. The highest BCUT2D eigenvalue weighted by atomic mass is 16.4. The van der Waals surface area contributed by atoms with E-state index in [0.717, 1.165) is 0 Å². The molecule has 3 atom stereocenters. The summed E-state index contributed by atoms with van der Waals surface area (Å²) in [6.45, 7) is -0.393. The van der Waals surface area contributed by atoms with Gasteiger partial charge in [0.1, 0.15) is 6.04 Å². The van der Waals surface area contributed by atoms with E-state index in [-0.39, 0.29) is 6.42 Å². The molecule has 1 unspecified atom stereocenters. The molecule has 1 saturated heterocycles. The fourth-order valence-electron chi connectivity index (χ4n) is 1.79. The van der Waals surface area contributed by atoms with Gasteiger partial charge in [0.25, 0.3) is 0 Å².